The summed E-state index contributed by atoms with van der Waals surface area (Å²) >= 11 is 5.98. The first kappa shape index (κ1) is 20.8. The van der Waals surface area contributed by atoms with Crippen molar-refractivity contribution in [3.05, 3.63) is 100 Å². The van der Waals surface area contributed by atoms with Crippen LogP contribution >= 0.6 is 11.6 Å². The number of aromatic nitrogens is 2. The number of pyridine rings is 1. The van der Waals surface area contributed by atoms with Gasteiger partial charge in [0, 0.05) is 41.3 Å². The molecular weight excluding hydrogens is 418 g/mol. The van der Waals surface area contributed by atoms with Gasteiger partial charge in [-0.15, -0.1) is 0 Å². The maximum atomic E-state index is 13.1. The molecule has 0 unspecified atom stereocenters. The third-order valence-electron chi connectivity index (χ3n) is 6.37. The Bertz CT molecular complexity index is 1210. The zero-order valence-corrected chi connectivity index (χ0v) is 18.7. The van der Waals surface area contributed by atoms with Gasteiger partial charge >= 0.3 is 0 Å². The van der Waals surface area contributed by atoms with Crippen LogP contribution in [-0.4, -0.2) is 27.3 Å². The zero-order chi connectivity index (χ0) is 21.9. The number of aromatic amines is 1. The largest absolute Gasteiger partial charge is 0.361 e. The molecule has 2 aromatic heterocycles. The maximum absolute atomic E-state index is 13.1. The van der Waals surface area contributed by atoms with E-state index in [2.05, 4.69) is 29.2 Å². The molecule has 1 saturated heterocycles. The summed E-state index contributed by atoms with van der Waals surface area (Å²) in [6, 6.07) is 20.5. The number of rotatable bonds is 6. The van der Waals surface area contributed by atoms with Gasteiger partial charge in [0.15, 0.2) is 0 Å². The van der Waals surface area contributed by atoms with E-state index in [0.29, 0.717) is 6.42 Å². The number of carbonyl (C=O) groups excluding carboxylic acids is 1. The van der Waals surface area contributed by atoms with E-state index < -0.39 is 0 Å². The van der Waals surface area contributed by atoms with Crippen molar-refractivity contribution in [2.75, 3.05) is 6.54 Å². The van der Waals surface area contributed by atoms with E-state index in [4.69, 9.17) is 16.6 Å². The molecule has 1 amide bonds. The predicted octanol–water partition coefficient (Wildman–Crippen LogP) is 6.10. The van der Waals surface area contributed by atoms with Crippen LogP contribution < -0.4 is 0 Å². The highest BCUT2D eigenvalue weighted by molar-refractivity contribution is 6.30. The number of nitrogens with zero attached hydrogens (tertiary/aromatic N) is 2. The molecule has 0 radical (unpaired) electrons. The van der Waals surface area contributed by atoms with Crippen LogP contribution in [0.1, 0.15) is 47.7 Å². The lowest BCUT2D eigenvalue weighted by Gasteiger charge is -2.24. The summed E-state index contributed by atoms with van der Waals surface area (Å²) in [5, 5.41) is 1.95. The summed E-state index contributed by atoms with van der Waals surface area (Å²) in [4.78, 5) is 23.1. The number of carbonyl (C=O) groups is 1. The molecule has 1 N–H and O–H groups in total. The summed E-state index contributed by atoms with van der Waals surface area (Å²) in [6.45, 7) is 0.811. The van der Waals surface area contributed by atoms with Crippen LogP contribution in [0.15, 0.2) is 73.1 Å². The Hall–Kier alpha value is -3.11. The Morgan fingerprint density at radius 3 is 2.69 bits per heavy atom. The average Bonchev–Trinajstić information content (AvgIpc) is 3.47. The third-order valence-corrected chi connectivity index (χ3v) is 6.62. The minimum atomic E-state index is 0.0788. The van der Waals surface area contributed by atoms with Crippen LogP contribution in [0.4, 0.5) is 0 Å². The number of aryl methyl sites for hydroxylation is 1. The van der Waals surface area contributed by atoms with E-state index in [-0.39, 0.29) is 11.9 Å². The van der Waals surface area contributed by atoms with Crippen LogP contribution in [0.5, 0.6) is 0 Å². The van der Waals surface area contributed by atoms with E-state index in [1.165, 1.54) is 16.5 Å². The Balaban J connectivity index is 1.23. The van der Waals surface area contributed by atoms with Gasteiger partial charge in [-0.05, 0) is 66.6 Å². The number of para-hydroxylation sites is 1. The van der Waals surface area contributed by atoms with Gasteiger partial charge in [-0.3, -0.25) is 9.78 Å². The zero-order valence-electron chi connectivity index (χ0n) is 17.9. The van der Waals surface area contributed by atoms with Gasteiger partial charge in [-0.25, -0.2) is 0 Å². The van der Waals surface area contributed by atoms with E-state index in [9.17, 15) is 4.79 Å². The second kappa shape index (κ2) is 9.17. The molecule has 0 spiro atoms. The molecule has 5 heteroatoms. The fourth-order valence-corrected chi connectivity index (χ4v) is 4.80. The number of amides is 1. The van der Waals surface area contributed by atoms with E-state index >= 15 is 0 Å². The summed E-state index contributed by atoms with van der Waals surface area (Å²) in [5.74, 6) is 0.213. The fraction of sp³-hybridized carbons (Fsp3) is 0.259. The lowest BCUT2D eigenvalue weighted by Crippen LogP contribution is -2.31. The Morgan fingerprint density at radius 1 is 1.06 bits per heavy atom. The summed E-state index contributed by atoms with van der Waals surface area (Å²) < 4.78 is 0. The summed E-state index contributed by atoms with van der Waals surface area (Å²) in [6.07, 6.45) is 8.06. The molecule has 0 aliphatic carbocycles. The Morgan fingerprint density at radius 2 is 1.88 bits per heavy atom. The van der Waals surface area contributed by atoms with Gasteiger partial charge in [0.2, 0.25) is 5.91 Å². The predicted molar refractivity (Wildman–Crippen MR) is 129 cm³/mol. The SMILES string of the molecule is O=C(CCc1c[nH]c2ccccc12)N1CCC[C@H]1c1ccc(Cc2ccc(Cl)cc2)cn1. The van der Waals surface area contributed by atoms with Crippen molar-refractivity contribution < 1.29 is 4.79 Å². The van der Waals surface area contributed by atoms with Crippen LogP contribution in [0.25, 0.3) is 10.9 Å². The Kier molecular flexibility index (Phi) is 5.95. The quantitative estimate of drug-likeness (QED) is 0.391. The van der Waals surface area contributed by atoms with Crippen LogP contribution in [-0.2, 0) is 17.6 Å². The van der Waals surface area contributed by atoms with Crippen LogP contribution in [0.2, 0.25) is 5.02 Å². The third kappa shape index (κ3) is 4.42. The molecule has 1 fully saturated rings. The van der Waals surface area contributed by atoms with Crippen molar-refractivity contribution in [3.63, 3.8) is 0 Å². The second-order valence-electron chi connectivity index (χ2n) is 8.50. The first-order valence-corrected chi connectivity index (χ1v) is 11.6. The standard InChI is InChI=1S/C27H26ClN3O/c28-22-11-7-19(8-12-22)16-20-9-13-25(29-17-20)26-6-3-15-31(26)27(32)14-10-21-18-30-24-5-2-1-4-23(21)24/h1-2,4-5,7-9,11-13,17-18,26,30H,3,6,10,14-16H2/t26-/m0/s1. The van der Waals surface area contributed by atoms with E-state index in [1.807, 2.05) is 53.7 Å². The molecule has 1 aliphatic rings. The summed E-state index contributed by atoms with van der Waals surface area (Å²) in [7, 11) is 0. The fourth-order valence-electron chi connectivity index (χ4n) is 4.67. The number of halogens is 1. The van der Waals surface area contributed by atoms with Crippen molar-refractivity contribution in [2.24, 2.45) is 0 Å². The molecule has 32 heavy (non-hydrogen) atoms. The smallest absolute Gasteiger partial charge is 0.223 e. The van der Waals surface area contributed by atoms with E-state index in [1.54, 1.807) is 0 Å². The van der Waals surface area contributed by atoms with Crippen LogP contribution in [0, 0.1) is 0 Å². The topological polar surface area (TPSA) is 49.0 Å². The van der Waals surface area contributed by atoms with Crippen molar-refractivity contribution in [2.45, 2.75) is 38.1 Å². The molecule has 1 aliphatic heterocycles. The molecule has 1 atom stereocenters. The Labute approximate surface area is 193 Å². The van der Waals surface area contributed by atoms with Crippen LogP contribution in [0.3, 0.4) is 0 Å². The molecule has 4 aromatic rings. The van der Waals surface area contributed by atoms with Gasteiger partial charge in [-0.2, -0.15) is 0 Å². The number of hydrogen-bond donors (Lipinski definition) is 1. The number of H-pyrrole nitrogens is 1. The first-order valence-electron chi connectivity index (χ1n) is 11.2. The number of hydrogen-bond acceptors (Lipinski definition) is 2. The van der Waals surface area contributed by atoms with Crippen molar-refractivity contribution in [3.8, 4) is 0 Å². The molecule has 2 aromatic carbocycles. The molecular formula is C27H26ClN3O. The molecule has 0 saturated carbocycles. The summed E-state index contributed by atoms with van der Waals surface area (Å²) in [5.41, 5.74) is 5.68. The van der Waals surface area contributed by atoms with Gasteiger partial charge < -0.3 is 9.88 Å². The highest BCUT2D eigenvalue weighted by Gasteiger charge is 2.30. The molecule has 0 bridgehead atoms. The van der Waals surface area contributed by atoms with E-state index in [0.717, 1.165) is 54.0 Å². The first-order chi connectivity index (χ1) is 15.7. The maximum Gasteiger partial charge on any atom is 0.223 e. The number of nitrogens with one attached hydrogen (secondary N) is 1. The normalized spacial score (nSPS) is 16.0. The molecule has 162 valence electrons. The molecule has 3 heterocycles. The lowest BCUT2D eigenvalue weighted by molar-refractivity contribution is -0.132. The monoisotopic (exact) mass is 443 g/mol. The highest BCUT2D eigenvalue weighted by Crippen LogP contribution is 2.32. The highest BCUT2D eigenvalue weighted by atomic mass is 35.5. The van der Waals surface area contributed by atoms with Gasteiger partial charge in [0.1, 0.15) is 0 Å². The van der Waals surface area contributed by atoms with Gasteiger partial charge in [-0.1, -0.05) is 48.0 Å². The number of fused-ring (bicyclic) bond motifs is 1. The van der Waals surface area contributed by atoms with Crippen molar-refractivity contribution >= 4 is 28.4 Å². The van der Waals surface area contributed by atoms with Crippen molar-refractivity contribution in [1.29, 1.82) is 0 Å². The number of likely N-dealkylation sites (tertiary alicyclic amines) is 1. The van der Waals surface area contributed by atoms with Crippen molar-refractivity contribution in [1.82, 2.24) is 14.9 Å². The lowest BCUT2D eigenvalue weighted by atomic mass is 10.0. The van der Waals surface area contributed by atoms with Gasteiger partial charge in [0.05, 0.1) is 11.7 Å². The molecule has 5 rings (SSSR count). The average molecular weight is 444 g/mol. The second-order valence-corrected chi connectivity index (χ2v) is 8.94. The minimum Gasteiger partial charge on any atom is -0.361 e. The number of benzene rings is 2. The molecule has 4 nitrogen and oxygen atoms in total. The van der Waals surface area contributed by atoms with Gasteiger partial charge in [0.25, 0.3) is 0 Å². The minimum absolute atomic E-state index is 0.0788.